The van der Waals surface area contributed by atoms with Crippen LogP contribution in [0.4, 0.5) is 0 Å². The summed E-state index contributed by atoms with van der Waals surface area (Å²) >= 11 is 1.90. The van der Waals surface area contributed by atoms with Crippen LogP contribution in [0, 0.1) is 6.92 Å². The average Bonchev–Trinajstić information content (AvgIpc) is 2.52. The summed E-state index contributed by atoms with van der Waals surface area (Å²) in [6.07, 6.45) is 0. The van der Waals surface area contributed by atoms with Gasteiger partial charge in [-0.1, -0.05) is 17.7 Å². The maximum absolute atomic E-state index is 12.1. The fourth-order valence-electron chi connectivity index (χ4n) is 2.04. The predicted octanol–water partition coefficient (Wildman–Crippen LogP) is 1.25. The summed E-state index contributed by atoms with van der Waals surface area (Å²) < 4.78 is 26.7. The van der Waals surface area contributed by atoms with E-state index in [1.807, 2.05) is 23.6 Å². The molecule has 1 aliphatic rings. The summed E-state index contributed by atoms with van der Waals surface area (Å²) in [4.78, 5) is 6.54. The van der Waals surface area contributed by atoms with E-state index in [1.54, 1.807) is 24.3 Å². The Hall–Kier alpha value is -0.520. The molecule has 0 aliphatic carbocycles. The van der Waals surface area contributed by atoms with Gasteiger partial charge in [-0.25, -0.2) is 13.1 Å². The summed E-state index contributed by atoms with van der Waals surface area (Å²) in [6.45, 7) is 4.28. The van der Waals surface area contributed by atoms with Crippen LogP contribution in [0.3, 0.4) is 0 Å². The first-order valence-corrected chi connectivity index (χ1v) is 9.82. The molecule has 23 heavy (non-hydrogen) atoms. The molecular weight excluding hydrogens is 447 g/mol. The number of guanidine groups is 1. The number of hydrogen-bond donors (Lipinski definition) is 2. The van der Waals surface area contributed by atoms with Crippen LogP contribution < -0.4 is 10.5 Å². The lowest BCUT2D eigenvalue weighted by molar-refractivity contribution is 0.456. The lowest BCUT2D eigenvalue weighted by Gasteiger charge is -2.27. The van der Waals surface area contributed by atoms with Crippen LogP contribution in [0.2, 0.25) is 0 Å². The normalized spacial score (nSPS) is 16.0. The minimum Gasteiger partial charge on any atom is -0.370 e. The zero-order valence-electron chi connectivity index (χ0n) is 13.1. The highest BCUT2D eigenvalue weighted by molar-refractivity contribution is 14.0. The van der Waals surface area contributed by atoms with E-state index in [4.69, 9.17) is 5.73 Å². The molecule has 0 spiro atoms. The molecule has 1 saturated heterocycles. The zero-order valence-corrected chi connectivity index (χ0v) is 17.0. The first-order chi connectivity index (χ1) is 10.5. The Morgan fingerprint density at radius 1 is 1.30 bits per heavy atom. The number of aryl methyl sites for hydroxylation is 1. The summed E-state index contributed by atoms with van der Waals surface area (Å²) in [5, 5.41) is 0. The number of benzene rings is 1. The third kappa shape index (κ3) is 6.48. The second-order valence-corrected chi connectivity index (χ2v) is 8.04. The standard InChI is InChI=1S/C14H22N4O2S2.HI/c1-12-2-4-13(5-3-12)22(19,20)17-7-6-16-14(15)18-8-10-21-11-9-18;/h2-5,17H,6-11H2,1H3,(H2,15,16);1H. The van der Waals surface area contributed by atoms with Gasteiger partial charge >= 0.3 is 0 Å². The Bertz CT molecular complexity index is 614. The minimum absolute atomic E-state index is 0. The fraction of sp³-hybridized carbons (Fsp3) is 0.500. The molecule has 1 heterocycles. The molecular formula is C14H23IN4O2S2. The van der Waals surface area contributed by atoms with Crippen LogP contribution in [-0.2, 0) is 10.0 Å². The number of nitrogens with two attached hydrogens (primary N) is 1. The van der Waals surface area contributed by atoms with Crippen molar-refractivity contribution in [2.24, 2.45) is 10.7 Å². The van der Waals surface area contributed by atoms with E-state index < -0.39 is 10.0 Å². The number of nitrogens with one attached hydrogen (secondary N) is 1. The maximum Gasteiger partial charge on any atom is 0.240 e. The van der Waals surface area contributed by atoms with Crippen molar-refractivity contribution in [3.05, 3.63) is 29.8 Å². The van der Waals surface area contributed by atoms with Gasteiger partial charge in [0.2, 0.25) is 10.0 Å². The third-order valence-corrected chi connectivity index (χ3v) is 5.76. The number of rotatable bonds is 5. The molecule has 0 radical (unpaired) electrons. The molecule has 1 fully saturated rings. The fourth-order valence-corrected chi connectivity index (χ4v) is 3.97. The molecule has 1 aromatic carbocycles. The van der Waals surface area contributed by atoms with Gasteiger partial charge in [-0.3, -0.25) is 4.99 Å². The second kappa shape index (κ2) is 9.70. The summed E-state index contributed by atoms with van der Waals surface area (Å²) in [5.74, 6) is 2.60. The Kier molecular flexibility index (Phi) is 8.65. The number of sulfonamides is 1. The van der Waals surface area contributed by atoms with E-state index in [9.17, 15) is 8.42 Å². The Labute approximate surface area is 159 Å². The van der Waals surface area contributed by atoms with Gasteiger partial charge in [-0.15, -0.1) is 24.0 Å². The lowest BCUT2D eigenvalue weighted by Crippen LogP contribution is -2.43. The maximum atomic E-state index is 12.1. The first kappa shape index (κ1) is 20.5. The smallest absolute Gasteiger partial charge is 0.240 e. The van der Waals surface area contributed by atoms with E-state index in [1.165, 1.54) is 0 Å². The molecule has 1 aromatic rings. The lowest BCUT2D eigenvalue weighted by atomic mass is 10.2. The first-order valence-electron chi connectivity index (χ1n) is 7.18. The van der Waals surface area contributed by atoms with Crippen molar-refractivity contribution >= 4 is 51.7 Å². The predicted molar refractivity (Wildman–Crippen MR) is 107 cm³/mol. The largest absolute Gasteiger partial charge is 0.370 e. The molecule has 1 aliphatic heterocycles. The van der Waals surface area contributed by atoms with Crippen molar-refractivity contribution < 1.29 is 8.42 Å². The number of thioether (sulfide) groups is 1. The molecule has 3 N–H and O–H groups in total. The molecule has 0 aromatic heterocycles. The number of halogens is 1. The molecule has 130 valence electrons. The molecule has 0 bridgehead atoms. The zero-order chi connectivity index (χ0) is 16.0. The topological polar surface area (TPSA) is 87.8 Å². The highest BCUT2D eigenvalue weighted by Crippen LogP contribution is 2.10. The van der Waals surface area contributed by atoms with Crippen molar-refractivity contribution in [1.29, 1.82) is 0 Å². The Morgan fingerprint density at radius 2 is 1.91 bits per heavy atom. The van der Waals surface area contributed by atoms with Crippen LogP contribution in [0.5, 0.6) is 0 Å². The van der Waals surface area contributed by atoms with Gasteiger partial charge in [0, 0.05) is 31.1 Å². The van der Waals surface area contributed by atoms with E-state index in [-0.39, 0.29) is 35.4 Å². The molecule has 2 rings (SSSR count). The van der Waals surface area contributed by atoms with E-state index >= 15 is 0 Å². The van der Waals surface area contributed by atoms with E-state index in [0.717, 1.165) is 30.2 Å². The van der Waals surface area contributed by atoms with E-state index in [0.29, 0.717) is 12.5 Å². The molecule has 0 amide bonds. The summed E-state index contributed by atoms with van der Waals surface area (Å²) in [6, 6.07) is 6.75. The number of nitrogens with zero attached hydrogens (tertiary/aromatic N) is 2. The Morgan fingerprint density at radius 3 is 2.52 bits per heavy atom. The van der Waals surface area contributed by atoms with Crippen LogP contribution in [0.1, 0.15) is 5.56 Å². The minimum atomic E-state index is -3.48. The highest BCUT2D eigenvalue weighted by atomic mass is 127. The van der Waals surface area contributed by atoms with Gasteiger partial charge in [-0.2, -0.15) is 11.8 Å². The van der Waals surface area contributed by atoms with Crippen molar-refractivity contribution in [2.75, 3.05) is 37.7 Å². The number of aliphatic imine (C=N–C) groups is 1. The van der Waals surface area contributed by atoms with E-state index in [2.05, 4.69) is 9.71 Å². The van der Waals surface area contributed by atoms with Crippen molar-refractivity contribution in [3.63, 3.8) is 0 Å². The highest BCUT2D eigenvalue weighted by Gasteiger charge is 2.14. The van der Waals surface area contributed by atoms with Gasteiger partial charge in [0.25, 0.3) is 0 Å². The molecule has 0 saturated carbocycles. The quantitative estimate of drug-likeness (QED) is 0.293. The van der Waals surface area contributed by atoms with Crippen LogP contribution in [-0.4, -0.2) is 57.0 Å². The van der Waals surface area contributed by atoms with Crippen molar-refractivity contribution in [1.82, 2.24) is 9.62 Å². The van der Waals surface area contributed by atoms with Crippen LogP contribution in [0.25, 0.3) is 0 Å². The van der Waals surface area contributed by atoms with Gasteiger partial charge in [0.05, 0.1) is 11.4 Å². The monoisotopic (exact) mass is 470 g/mol. The van der Waals surface area contributed by atoms with Crippen molar-refractivity contribution in [3.8, 4) is 0 Å². The summed E-state index contributed by atoms with van der Waals surface area (Å²) in [5.41, 5.74) is 6.94. The SMILES string of the molecule is Cc1ccc(S(=O)(=O)NCCN=C(N)N2CCSCC2)cc1.I. The number of hydrogen-bond acceptors (Lipinski definition) is 4. The van der Waals surface area contributed by atoms with Gasteiger partial charge in [0.15, 0.2) is 5.96 Å². The third-order valence-electron chi connectivity index (χ3n) is 3.34. The van der Waals surface area contributed by atoms with Gasteiger partial charge < -0.3 is 10.6 Å². The van der Waals surface area contributed by atoms with Crippen molar-refractivity contribution in [2.45, 2.75) is 11.8 Å². The molecule has 0 unspecified atom stereocenters. The molecule has 9 heteroatoms. The Balaban J connectivity index is 0.00000264. The average molecular weight is 470 g/mol. The van der Waals surface area contributed by atoms with Crippen LogP contribution in [0.15, 0.2) is 34.2 Å². The summed E-state index contributed by atoms with van der Waals surface area (Å²) in [7, 11) is -3.48. The van der Waals surface area contributed by atoms with Gasteiger partial charge in [-0.05, 0) is 19.1 Å². The van der Waals surface area contributed by atoms with Gasteiger partial charge in [0.1, 0.15) is 0 Å². The second-order valence-electron chi connectivity index (χ2n) is 5.05. The van der Waals surface area contributed by atoms with Crippen LogP contribution >= 0.6 is 35.7 Å². The molecule has 0 atom stereocenters. The molecule has 6 nitrogen and oxygen atoms in total.